The third-order valence-corrected chi connectivity index (χ3v) is 20.4. The lowest BCUT2D eigenvalue weighted by Gasteiger charge is -2.35. The maximum atomic E-state index is 6.47. The van der Waals surface area contributed by atoms with Gasteiger partial charge in [-0.1, -0.05) is 190 Å². The molecule has 0 N–H and O–H groups in total. The zero-order valence-corrected chi connectivity index (χ0v) is 49.6. The van der Waals surface area contributed by atoms with Gasteiger partial charge in [0, 0.05) is 38.9 Å². The molecule has 1 aromatic heterocycles. The van der Waals surface area contributed by atoms with Crippen LogP contribution in [0, 0.1) is 0 Å². The van der Waals surface area contributed by atoms with Crippen molar-refractivity contribution in [3.05, 3.63) is 284 Å². The Kier molecular flexibility index (Phi) is 16.6. The molecule has 1 atom stereocenters. The molecular formula is C78H74N2O3Si. The van der Waals surface area contributed by atoms with Crippen molar-refractivity contribution < 1.29 is 14.2 Å². The van der Waals surface area contributed by atoms with Crippen molar-refractivity contribution in [1.82, 2.24) is 4.57 Å². The van der Waals surface area contributed by atoms with E-state index in [0.717, 1.165) is 124 Å². The van der Waals surface area contributed by atoms with Crippen LogP contribution in [0.5, 0.6) is 17.2 Å². The Hall–Kier alpha value is -9.10. The summed E-state index contributed by atoms with van der Waals surface area (Å²) in [7, 11) is -1.63. The molecule has 418 valence electrons. The van der Waals surface area contributed by atoms with Crippen molar-refractivity contribution in [1.29, 1.82) is 0 Å². The summed E-state index contributed by atoms with van der Waals surface area (Å²) < 4.78 is 21.1. The van der Waals surface area contributed by atoms with Crippen LogP contribution in [-0.4, -0.2) is 32.5 Å². The Labute approximate surface area is 497 Å². The summed E-state index contributed by atoms with van der Waals surface area (Å²) in [5.41, 5.74) is 17.8. The fraction of sp³-hybridized carbons (Fsp3) is 0.179. The van der Waals surface area contributed by atoms with E-state index >= 15 is 0 Å². The predicted molar refractivity (Wildman–Crippen MR) is 357 cm³/mol. The summed E-state index contributed by atoms with van der Waals surface area (Å²) in [5.74, 6) is 2.72. The maximum absolute atomic E-state index is 6.47. The highest BCUT2D eigenvalue weighted by Crippen LogP contribution is 2.56. The first kappa shape index (κ1) is 55.4. The average Bonchev–Trinajstić information content (AvgIpc) is 1.71. The predicted octanol–water partition coefficient (Wildman–Crippen LogP) is 21.1. The van der Waals surface area contributed by atoms with E-state index < -0.39 is 8.07 Å². The highest BCUT2D eigenvalue weighted by molar-refractivity contribution is 6.77. The van der Waals surface area contributed by atoms with Gasteiger partial charge < -0.3 is 23.7 Å². The SMILES string of the molecule is C=Cc1ccc(OCCCCCCOc2ccc3c(c2)c2cc(-c4ccc(N(c5ccccc5)c5ccc6c(c5)C(CCC[Si](C)(C)CCOc5ccc(C=C)cc5)(c5ccccc5)c5ccccc5-6)cc4)ccc2n3-c2ccccc2)cc1. The van der Waals surface area contributed by atoms with Gasteiger partial charge in [0.1, 0.15) is 17.2 Å². The maximum Gasteiger partial charge on any atom is 0.120 e. The van der Waals surface area contributed by atoms with E-state index in [9.17, 15) is 0 Å². The number of anilines is 3. The minimum atomic E-state index is -1.63. The summed E-state index contributed by atoms with van der Waals surface area (Å²) in [6.45, 7) is 14.9. The van der Waals surface area contributed by atoms with Crippen molar-refractivity contribution in [3.63, 3.8) is 0 Å². The van der Waals surface area contributed by atoms with E-state index in [1.165, 1.54) is 44.6 Å². The summed E-state index contributed by atoms with van der Waals surface area (Å²) in [6, 6.07) is 90.5. The Morgan fingerprint density at radius 2 is 0.952 bits per heavy atom. The second kappa shape index (κ2) is 25.2. The lowest BCUT2D eigenvalue weighted by Crippen LogP contribution is -2.31. The molecule has 1 heterocycles. The molecule has 1 aliphatic carbocycles. The molecule has 12 rings (SSSR count). The number of rotatable bonds is 25. The minimum absolute atomic E-state index is 0.325. The average molecular weight is 1120 g/mol. The number of nitrogens with zero attached hydrogens (tertiary/aromatic N) is 2. The van der Waals surface area contributed by atoms with Crippen LogP contribution in [0.1, 0.15) is 66.3 Å². The zero-order valence-electron chi connectivity index (χ0n) is 48.6. The molecule has 0 radical (unpaired) electrons. The van der Waals surface area contributed by atoms with Crippen molar-refractivity contribution in [2.75, 3.05) is 24.7 Å². The second-order valence-electron chi connectivity index (χ2n) is 23.1. The van der Waals surface area contributed by atoms with Crippen LogP contribution in [0.25, 0.3) is 61.9 Å². The first-order valence-electron chi connectivity index (χ1n) is 30.0. The van der Waals surface area contributed by atoms with Crippen LogP contribution >= 0.6 is 0 Å². The molecule has 84 heavy (non-hydrogen) atoms. The van der Waals surface area contributed by atoms with E-state index in [0.29, 0.717) is 13.2 Å². The molecule has 0 amide bonds. The van der Waals surface area contributed by atoms with Crippen LogP contribution in [0.2, 0.25) is 25.2 Å². The first-order valence-corrected chi connectivity index (χ1v) is 33.4. The van der Waals surface area contributed by atoms with Crippen LogP contribution in [0.3, 0.4) is 0 Å². The molecule has 0 bridgehead atoms. The van der Waals surface area contributed by atoms with Crippen LogP contribution in [-0.2, 0) is 5.41 Å². The van der Waals surface area contributed by atoms with E-state index in [1.807, 2.05) is 36.4 Å². The number of unbranched alkanes of at least 4 members (excludes halogenated alkanes) is 3. The fourth-order valence-corrected chi connectivity index (χ4v) is 14.7. The van der Waals surface area contributed by atoms with Gasteiger partial charge in [0.15, 0.2) is 0 Å². The number of benzene rings is 10. The van der Waals surface area contributed by atoms with Gasteiger partial charge in [-0.05, 0) is 191 Å². The molecule has 0 saturated carbocycles. The highest BCUT2D eigenvalue weighted by atomic mass is 28.3. The third kappa shape index (κ3) is 11.8. The van der Waals surface area contributed by atoms with Gasteiger partial charge in [0.2, 0.25) is 0 Å². The van der Waals surface area contributed by atoms with Crippen molar-refractivity contribution in [3.8, 4) is 45.2 Å². The Bertz CT molecular complexity index is 4020. The van der Waals surface area contributed by atoms with Gasteiger partial charge in [-0.2, -0.15) is 0 Å². The highest BCUT2D eigenvalue weighted by Gasteiger charge is 2.45. The molecule has 0 spiro atoms. The summed E-state index contributed by atoms with van der Waals surface area (Å²) >= 11 is 0. The lowest BCUT2D eigenvalue weighted by molar-refractivity contribution is 0.288. The molecule has 6 heteroatoms. The number of fused-ring (bicyclic) bond motifs is 6. The van der Waals surface area contributed by atoms with Gasteiger partial charge in [-0.15, -0.1) is 0 Å². The molecule has 1 aliphatic rings. The molecule has 11 aromatic rings. The molecule has 0 fully saturated rings. The van der Waals surface area contributed by atoms with E-state index in [4.69, 9.17) is 14.2 Å². The Balaban J connectivity index is 0.814. The Morgan fingerprint density at radius 3 is 1.62 bits per heavy atom. The number of hydrogen-bond acceptors (Lipinski definition) is 4. The molecule has 10 aromatic carbocycles. The molecular weight excluding hydrogens is 1040 g/mol. The lowest BCUT2D eigenvalue weighted by atomic mass is 9.69. The van der Waals surface area contributed by atoms with Crippen LogP contribution < -0.4 is 19.1 Å². The third-order valence-electron chi connectivity index (χ3n) is 17.1. The fourth-order valence-electron chi connectivity index (χ4n) is 12.6. The van der Waals surface area contributed by atoms with E-state index in [-0.39, 0.29) is 5.41 Å². The zero-order chi connectivity index (χ0) is 57.3. The van der Waals surface area contributed by atoms with Gasteiger partial charge in [-0.25, -0.2) is 0 Å². The smallest absolute Gasteiger partial charge is 0.120 e. The summed E-state index contributed by atoms with van der Waals surface area (Å²) in [6.07, 6.45) is 10.0. The summed E-state index contributed by atoms with van der Waals surface area (Å²) in [5, 5.41) is 2.36. The number of hydrogen-bond donors (Lipinski definition) is 0. The largest absolute Gasteiger partial charge is 0.494 e. The molecule has 0 saturated heterocycles. The van der Waals surface area contributed by atoms with Crippen molar-refractivity contribution in [2.24, 2.45) is 0 Å². The first-order chi connectivity index (χ1) is 41.3. The number of aromatic nitrogens is 1. The van der Waals surface area contributed by atoms with Crippen molar-refractivity contribution in [2.45, 2.75) is 69.1 Å². The topological polar surface area (TPSA) is 35.9 Å². The van der Waals surface area contributed by atoms with Crippen LogP contribution in [0.4, 0.5) is 17.1 Å². The van der Waals surface area contributed by atoms with Gasteiger partial charge in [0.25, 0.3) is 0 Å². The quantitative estimate of drug-likeness (QED) is 0.0422. The van der Waals surface area contributed by atoms with Crippen LogP contribution in [0.15, 0.2) is 256 Å². The minimum Gasteiger partial charge on any atom is -0.494 e. The second-order valence-corrected chi connectivity index (χ2v) is 28.4. The Morgan fingerprint density at radius 1 is 0.429 bits per heavy atom. The van der Waals surface area contributed by atoms with Gasteiger partial charge in [-0.3, -0.25) is 0 Å². The molecule has 5 nitrogen and oxygen atoms in total. The molecule has 1 unspecified atom stereocenters. The summed E-state index contributed by atoms with van der Waals surface area (Å²) in [4.78, 5) is 2.43. The number of para-hydroxylation sites is 2. The van der Waals surface area contributed by atoms with E-state index in [1.54, 1.807) is 0 Å². The van der Waals surface area contributed by atoms with Gasteiger partial charge in [0.05, 0.1) is 38.9 Å². The van der Waals surface area contributed by atoms with Crippen molar-refractivity contribution >= 4 is 59.1 Å². The molecule has 0 aliphatic heterocycles. The normalized spacial score (nSPS) is 13.5. The number of ether oxygens (including phenoxy) is 3. The van der Waals surface area contributed by atoms with E-state index in [2.05, 4.69) is 254 Å². The standard InChI is InChI=1S/C78H74N2O3Si/c1-5-58-31-41-67(42-32-58)81-50-20-7-8-21-51-82-69-45-48-77-73(57-69)72-55-61(37-47-76(72)80(77)64-27-16-11-17-28-64)60-35-38-65(39-36-60)79(63-25-14-10-15-26-63)66-40-46-71-70-29-18-19-30-74(70)78(75(71)56-66,62-23-12-9-13-24-62)49-22-53-84(3,4)54-52-83-68-43-33-59(6-2)34-44-68/h5-6,9-19,23-48,55-57H,1-2,7-8,20-22,49-54H2,3-4H3. The van der Waals surface area contributed by atoms with Gasteiger partial charge >= 0.3 is 0 Å². The monoisotopic (exact) mass is 1110 g/mol.